The van der Waals surface area contributed by atoms with E-state index >= 15 is 0 Å². The van der Waals surface area contributed by atoms with Crippen LogP contribution in [0.1, 0.15) is 24.9 Å². The molecular formula is C12H18ClNO2S. The SMILES string of the molecule is CCNC(CCS(C)(=O)=O)c1cccc(Cl)c1. The molecule has 0 amide bonds. The Kier molecular flexibility index (Phi) is 5.43. The van der Waals surface area contributed by atoms with Crippen LogP contribution in [0.15, 0.2) is 24.3 Å². The van der Waals surface area contributed by atoms with Gasteiger partial charge in [-0.2, -0.15) is 0 Å². The van der Waals surface area contributed by atoms with Gasteiger partial charge in [0.2, 0.25) is 0 Å². The number of rotatable bonds is 6. The van der Waals surface area contributed by atoms with Gasteiger partial charge in [-0.25, -0.2) is 8.42 Å². The molecule has 0 fully saturated rings. The highest BCUT2D eigenvalue weighted by Crippen LogP contribution is 2.20. The van der Waals surface area contributed by atoms with Gasteiger partial charge in [0.05, 0.1) is 5.75 Å². The van der Waals surface area contributed by atoms with E-state index in [1.54, 1.807) is 0 Å². The highest BCUT2D eigenvalue weighted by molar-refractivity contribution is 7.90. The first kappa shape index (κ1) is 14.5. The van der Waals surface area contributed by atoms with Crippen molar-refractivity contribution in [1.82, 2.24) is 5.32 Å². The maximum Gasteiger partial charge on any atom is 0.147 e. The van der Waals surface area contributed by atoms with Crippen LogP contribution in [0.3, 0.4) is 0 Å². The zero-order valence-electron chi connectivity index (χ0n) is 10.1. The van der Waals surface area contributed by atoms with Crippen molar-refractivity contribution in [2.75, 3.05) is 18.6 Å². The van der Waals surface area contributed by atoms with Gasteiger partial charge in [0.25, 0.3) is 0 Å². The summed E-state index contributed by atoms with van der Waals surface area (Å²) in [6.07, 6.45) is 1.82. The molecule has 0 spiro atoms. The molecule has 1 N–H and O–H groups in total. The Labute approximate surface area is 108 Å². The van der Waals surface area contributed by atoms with E-state index in [4.69, 9.17) is 11.6 Å². The lowest BCUT2D eigenvalue weighted by molar-refractivity contribution is 0.530. The van der Waals surface area contributed by atoms with E-state index < -0.39 is 9.84 Å². The second kappa shape index (κ2) is 6.38. The van der Waals surface area contributed by atoms with Crippen LogP contribution in [0.25, 0.3) is 0 Å². The van der Waals surface area contributed by atoms with Gasteiger partial charge in [-0.05, 0) is 30.7 Å². The molecule has 1 aromatic carbocycles. The smallest absolute Gasteiger partial charge is 0.147 e. The number of hydrogen-bond acceptors (Lipinski definition) is 3. The first-order chi connectivity index (χ1) is 7.92. The molecule has 0 aliphatic carbocycles. The Morgan fingerprint density at radius 2 is 2.12 bits per heavy atom. The van der Waals surface area contributed by atoms with Crippen molar-refractivity contribution in [3.8, 4) is 0 Å². The van der Waals surface area contributed by atoms with Gasteiger partial charge < -0.3 is 5.32 Å². The molecule has 0 aliphatic heterocycles. The molecule has 0 bridgehead atoms. The molecule has 1 atom stereocenters. The number of sulfone groups is 1. The van der Waals surface area contributed by atoms with Crippen molar-refractivity contribution in [3.63, 3.8) is 0 Å². The fourth-order valence-corrected chi connectivity index (χ4v) is 2.55. The second-order valence-corrected chi connectivity index (χ2v) is 6.78. The lowest BCUT2D eigenvalue weighted by atomic mass is 10.0. The van der Waals surface area contributed by atoms with Crippen LogP contribution in [0, 0.1) is 0 Å². The lowest BCUT2D eigenvalue weighted by Gasteiger charge is -2.18. The van der Waals surface area contributed by atoms with Crippen LogP contribution in [0.5, 0.6) is 0 Å². The fourth-order valence-electron chi connectivity index (χ4n) is 1.69. The van der Waals surface area contributed by atoms with Gasteiger partial charge in [-0.3, -0.25) is 0 Å². The summed E-state index contributed by atoms with van der Waals surface area (Å²) in [7, 11) is -2.93. The summed E-state index contributed by atoms with van der Waals surface area (Å²) in [5, 5.41) is 3.95. The zero-order valence-corrected chi connectivity index (χ0v) is 11.7. The Hall–Kier alpha value is -0.580. The first-order valence-electron chi connectivity index (χ1n) is 5.59. The van der Waals surface area contributed by atoms with Crippen molar-refractivity contribution in [1.29, 1.82) is 0 Å². The van der Waals surface area contributed by atoms with Crippen molar-refractivity contribution in [2.24, 2.45) is 0 Å². The van der Waals surface area contributed by atoms with E-state index in [9.17, 15) is 8.42 Å². The van der Waals surface area contributed by atoms with E-state index in [2.05, 4.69) is 5.32 Å². The molecule has 0 saturated heterocycles. The van der Waals surface area contributed by atoms with Crippen LogP contribution in [0.4, 0.5) is 0 Å². The lowest BCUT2D eigenvalue weighted by Crippen LogP contribution is -2.23. The summed E-state index contributed by atoms with van der Waals surface area (Å²) in [6, 6.07) is 7.56. The summed E-state index contributed by atoms with van der Waals surface area (Å²) in [6.45, 7) is 2.79. The predicted molar refractivity (Wildman–Crippen MR) is 72.2 cm³/mol. The van der Waals surface area contributed by atoms with Crippen LogP contribution in [0.2, 0.25) is 5.02 Å². The molecule has 1 rings (SSSR count). The van der Waals surface area contributed by atoms with Gasteiger partial charge in [0, 0.05) is 17.3 Å². The van der Waals surface area contributed by atoms with E-state index in [-0.39, 0.29) is 11.8 Å². The highest BCUT2D eigenvalue weighted by atomic mass is 35.5. The zero-order chi connectivity index (χ0) is 12.9. The first-order valence-corrected chi connectivity index (χ1v) is 8.03. The van der Waals surface area contributed by atoms with Crippen molar-refractivity contribution >= 4 is 21.4 Å². The van der Waals surface area contributed by atoms with Gasteiger partial charge in [0.15, 0.2) is 0 Å². The maximum atomic E-state index is 11.2. The number of nitrogens with one attached hydrogen (secondary N) is 1. The summed E-state index contributed by atoms with van der Waals surface area (Å²) in [4.78, 5) is 0. The van der Waals surface area contributed by atoms with E-state index in [1.807, 2.05) is 31.2 Å². The molecule has 0 radical (unpaired) electrons. The minimum atomic E-state index is -2.93. The topological polar surface area (TPSA) is 46.2 Å². The predicted octanol–water partition coefficient (Wildman–Crippen LogP) is 2.43. The molecule has 0 saturated carbocycles. The Bertz CT molecular complexity index is 459. The molecule has 5 heteroatoms. The Morgan fingerprint density at radius 1 is 1.41 bits per heavy atom. The molecule has 17 heavy (non-hydrogen) atoms. The molecule has 0 aromatic heterocycles. The summed E-state index contributed by atoms with van der Waals surface area (Å²) in [5.74, 6) is 0.178. The third-order valence-electron chi connectivity index (χ3n) is 2.48. The van der Waals surface area contributed by atoms with Gasteiger partial charge in [-0.1, -0.05) is 30.7 Å². The van der Waals surface area contributed by atoms with Crippen molar-refractivity contribution < 1.29 is 8.42 Å². The monoisotopic (exact) mass is 275 g/mol. The van der Waals surface area contributed by atoms with Gasteiger partial charge >= 0.3 is 0 Å². The standard InChI is InChI=1S/C12H18ClNO2S/c1-3-14-12(7-8-17(2,15)16)10-5-4-6-11(13)9-10/h4-6,9,12,14H,3,7-8H2,1-2H3. The second-order valence-electron chi connectivity index (χ2n) is 4.08. The summed E-state index contributed by atoms with van der Waals surface area (Å²) >= 11 is 5.93. The normalized spacial score (nSPS) is 13.6. The molecule has 0 heterocycles. The minimum Gasteiger partial charge on any atom is -0.310 e. The molecular weight excluding hydrogens is 258 g/mol. The molecule has 3 nitrogen and oxygen atoms in total. The Balaban J connectivity index is 2.78. The van der Waals surface area contributed by atoms with Gasteiger partial charge in [0.1, 0.15) is 9.84 Å². The quantitative estimate of drug-likeness (QED) is 0.867. The maximum absolute atomic E-state index is 11.2. The average Bonchev–Trinajstić information content (AvgIpc) is 2.23. The minimum absolute atomic E-state index is 0.0356. The number of hydrogen-bond donors (Lipinski definition) is 1. The van der Waals surface area contributed by atoms with Gasteiger partial charge in [-0.15, -0.1) is 0 Å². The molecule has 1 aromatic rings. The molecule has 0 aliphatic rings. The van der Waals surface area contributed by atoms with Crippen LogP contribution < -0.4 is 5.32 Å². The summed E-state index contributed by atoms with van der Waals surface area (Å²) in [5.41, 5.74) is 1.03. The van der Waals surface area contributed by atoms with Crippen LogP contribution >= 0.6 is 11.6 Å². The van der Waals surface area contributed by atoms with Crippen LogP contribution in [-0.4, -0.2) is 27.0 Å². The van der Waals surface area contributed by atoms with Crippen LogP contribution in [-0.2, 0) is 9.84 Å². The van der Waals surface area contributed by atoms with E-state index in [0.29, 0.717) is 11.4 Å². The molecule has 96 valence electrons. The summed E-state index contributed by atoms with van der Waals surface area (Å²) < 4.78 is 22.4. The van der Waals surface area contributed by atoms with E-state index in [0.717, 1.165) is 12.1 Å². The van der Waals surface area contributed by atoms with Crippen molar-refractivity contribution in [2.45, 2.75) is 19.4 Å². The Morgan fingerprint density at radius 3 is 2.65 bits per heavy atom. The number of benzene rings is 1. The van der Waals surface area contributed by atoms with E-state index in [1.165, 1.54) is 6.26 Å². The third-order valence-corrected chi connectivity index (χ3v) is 3.69. The largest absolute Gasteiger partial charge is 0.310 e. The highest BCUT2D eigenvalue weighted by Gasteiger charge is 2.13. The third kappa shape index (κ3) is 5.52. The molecule has 1 unspecified atom stereocenters. The average molecular weight is 276 g/mol. The van der Waals surface area contributed by atoms with Crippen molar-refractivity contribution in [3.05, 3.63) is 34.9 Å². The fraction of sp³-hybridized carbons (Fsp3) is 0.500. The number of halogens is 1.